The lowest BCUT2D eigenvalue weighted by atomic mass is 10.1. The molecule has 1 aliphatic carbocycles. The molecular weight excluding hydrogens is 280 g/mol. The van der Waals surface area contributed by atoms with Gasteiger partial charge < -0.3 is 14.4 Å². The molecule has 22 heavy (non-hydrogen) atoms. The first-order valence-electron chi connectivity index (χ1n) is 8.10. The zero-order valence-corrected chi connectivity index (χ0v) is 13.0. The quantitative estimate of drug-likeness (QED) is 0.852. The lowest BCUT2D eigenvalue weighted by Gasteiger charge is -2.35. The van der Waals surface area contributed by atoms with E-state index >= 15 is 0 Å². The lowest BCUT2D eigenvalue weighted by Crippen LogP contribution is -2.48. The van der Waals surface area contributed by atoms with Gasteiger partial charge in [-0.1, -0.05) is 13.0 Å². The second kappa shape index (κ2) is 5.47. The van der Waals surface area contributed by atoms with Crippen LogP contribution in [0, 0.1) is 11.8 Å². The van der Waals surface area contributed by atoms with Crippen LogP contribution in [-0.2, 0) is 11.3 Å². The Bertz CT molecular complexity index is 581. The molecule has 1 aromatic rings. The maximum atomic E-state index is 12.2. The van der Waals surface area contributed by atoms with E-state index in [4.69, 9.17) is 9.47 Å². The van der Waals surface area contributed by atoms with E-state index in [2.05, 4.69) is 24.0 Å². The van der Waals surface area contributed by atoms with Gasteiger partial charge in [-0.3, -0.25) is 9.69 Å². The summed E-state index contributed by atoms with van der Waals surface area (Å²) in [5.41, 5.74) is 1.24. The number of nitrogens with zero attached hydrogens (tertiary/aromatic N) is 2. The van der Waals surface area contributed by atoms with E-state index in [1.165, 1.54) is 5.56 Å². The maximum absolute atomic E-state index is 12.2. The molecule has 1 aromatic carbocycles. The Morgan fingerprint density at radius 1 is 1.18 bits per heavy atom. The number of hydrogen-bond donors (Lipinski definition) is 0. The van der Waals surface area contributed by atoms with Crippen molar-refractivity contribution in [2.24, 2.45) is 11.8 Å². The average molecular weight is 302 g/mol. The molecule has 2 aliphatic heterocycles. The van der Waals surface area contributed by atoms with Gasteiger partial charge in [-0.05, 0) is 30.0 Å². The zero-order chi connectivity index (χ0) is 15.1. The van der Waals surface area contributed by atoms with Crippen LogP contribution in [0.1, 0.15) is 18.9 Å². The first kappa shape index (κ1) is 13.9. The normalized spacial score (nSPS) is 27.0. The third-order valence-electron chi connectivity index (χ3n) is 4.95. The first-order valence-corrected chi connectivity index (χ1v) is 8.10. The van der Waals surface area contributed by atoms with E-state index in [1.54, 1.807) is 0 Å². The fraction of sp³-hybridized carbons (Fsp3) is 0.588. The first-order chi connectivity index (χ1) is 10.7. The van der Waals surface area contributed by atoms with Gasteiger partial charge in [0.25, 0.3) is 0 Å². The molecule has 1 saturated heterocycles. The summed E-state index contributed by atoms with van der Waals surface area (Å²) in [6.07, 6.45) is 1.08. The highest BCUT2D eigenvalue weighted by Crippen LogP contribution is 2.39. The smallest absolute Gasteiger partial charge is 0.231 e. The zero-order valence-electron chi connectivity index (χ0n) is 13.0. The van der Waals surface area contributed by atoms with Crippen LogP contribution in [0.15, 0.2) is 18.2 Å². The summed E-state index contributed by atoms with van der Waals surface area (Å²) in [6.45, 7) is 6.98. The largest absolute Gasteiger partial charge is 0.454 e. The van der Waals surface area contributed by atoms with E-state index in [9.17, 15) is 4.79 Å². The Morgan fingerprint density at radius 2 is 1.91 bits per heavy atom. The number of hydrogen-bond acceptors (Lipinski definition) is 4. The fourth-order valence-electron chi connectivity index (χ4n) is 3.32. The molecule has 2 fully saturated rings. The van der Waals surface area contributed by atoms with E-state index in [1.807, 2.05) is 11.0 Å². The second-order valence-corrected chi connectivity index (χ2v) is 6.61. The van der Waals surface area contributed by atoms with Crippen LogP contribution in [0.2, 0.25) is 0 Å². The molecule has 0 bridgehead atoms. The van der Waals surface area contributed by atoms with Crippen molar-refractivity contribution in [2.45, 2.75) is 19.9 Å². The van der Waals surface area contributed by atoms with Crippen molar-refractivity contribution in [3.8, 4) is 11.5 Å². The third-order valence-corrected chi connectivity index (χ3v) is 4.95. The van der Waals surface area contributed by atoms with Crippen molar-refractivity contribution < 1.29 is 14.3 Å². The molecule has 4 rings (SSSR count). The molecule has 1 amide bonds. The van der Waals surface area contributed by atoms with Crippen molar-refractivity contribution >= 4 is 5.91 Å². The molecule has 0 radical (unpaired) electrons. The topological polar surface area (TPSA) is 42.0 Å². The second-order valence-electron chi connectivity index (χ2n) is 6.61. The minimum absolute atomic E-state index is 0.306. The van der Waals surface area contributed by atoms with Crippen LogP contribution >= 0.6 is 0 Å². The van der Waals surface area contributed by atoms with Gasteiger partial charge in [0, 0.05) is 38.6 Å². The summed E-state index contributed by atoms with van der Waals surface area (Å²) in [7, 11) is 0. The third kappa shape index (κ3) is 2.65. The van der Waals surface area contributed by atoms with Gasteiger partial charge in [0.2, 0.25) is 12.7 Å². The molecule has 118 valence electrons. The number of ether oxygens (including phenoxy) is 2. The number of carbonyl (C=O) groups is 1. The van der Waals surface area contributed by atoms with Crippen molar-refractivity contribution in [3.63, 3.8) is 0 Å². The number of rotatable bonds is 3. The van der Waals surface area contributed by atoms with E-state index in [0.717, 1.165) is 50.6 Å². The predicted molar refractivity (Wildman–Crippen MR) is 81.7 cm³/mol. The van der Waals surface area contributed by atoms with Gasteiger partial charge in [0.1, 0.15) is 0 Å². The van der Waals surface area contributed by atoms with Crippen LogP contribution in [0.5, 0.6) is 11.5 Å². The van der Waals surface area contributed by atoms with Crippen LogP contribution in [0.3, 0.4) is 0 Å². The highest BCUT2D eigenvalue weighted by Gasteiger charge is 2.41. The average Bonchev–Trinajstić information content (AvgIpc) is 3.08. The van der Waals surface area contributed by atoms with Crippen molar-refractivity contribution in [2.75, 3.05) is 33.0 Å². The molecule has 2 unspecified atom stereocenters. The molecule has 5 nitrogen and oxygen atoms in total. The van der Waals surface area contributed by atoms with E-state index in [-0.39, 0.29) is 0 Å². The number of benzene rings is 1. The van der Waals surface area contributed by atoms with Crippen LogP contribution in [0.25, 0.3) is 0 Å². The summed E-state index contributed by atoms with van der Waals surface area (Å²) >= 11 is 0. The minimum atomic E-state index is 0.306. The van der Waals surface area contributed by atoms with E-state index in [0.29, 0.717) is 24.5 Å². The van der Waals surface area contributed by atoms with Gasteiger partial charge in [0.05, 0.1) is 0 Å². The summed E-state index contributed by atoms with van der Waals surface area (Å²) in [5, 5.41) is 0. The number of fused-ring (bicyclic) bond motifs is 1. The van der Waals surface area contributed by atoms with Gasteiger partial charge in [-0.2, -0.15) is 0 Å². The molecule has 0 aromatic heterocycles. The fourth-order valence-corrected chi connectivity index (χ4v) is 3.32. The Kier molecular flexibility index (Phi) is 3.45. The highest BCUT2D eigenvalue weighted by atomic mass is 16.7. The molecule has 0 N–H and O–H groups in total. The minimum Gasteiger partial charge on any atom is -0.454 e. The molecule has 1 saturated carbocycles. The Balaban J connectivity index is 1.31. The number of amides is 1. The Morgan fingerprint density at radius 3 is 2.64 bits per heavy atom. The number of piperazine rings is 1. The molecule has 3 aliphatic rings. The monoisotopic (exact) mass is 302 g/mol. The van der Waals surface area contributed by atoms with Crippen LogP contribution in [0.4, 0.5) is 0 Å². The lowest BCUT2D eigenvalue weighted by molar-refractivity contribution is -0.134. The molecule has 0 spiro atoms. The SMILES string of the molecule is CC1CC1C(=O)N1CCN(Cc2ccc3c(c2)OCO3)CC1. The summed E-state index contributed by atoms with van der Waals surface area (Å²) < 4.78 is 10.8. The van der Waals surface area contributed by atoms with E-state index < -0.39 is 0 Å². The van der Waals surface area contributed by atoms with Gasteiger partial charge in [-0.25, -0.2) is 0 Å². The van der Waals surface area contributed by atoms with Crippen molar-refractivity contribution in [3.05, 3.63) is 23.8 Å². The molecule has 2 atom stereocenters. The Hall–Kier alpha value is -1.75. The molecular formula is C17H22N2O3. The van der Waals surface area contributed by atoms with Gasteiger partial charge in [-0.15, -0.1) is 0 Å². The van der Waals surface area contributed by atoms with Crippen molar-refractivity contribution in [1.82, 2.24) is 9.80 Å². The summed E-state index contributed by atoms with van der Waals surface area (Å²) in [6, 6.07) is 6.13. The number of carbonyl (C=O) groups excluding carboxylic acids is 1. The Labute approximate surface area is 130 Å². The molecule has 5 heteroatoms. The van der Waals surface area contributed by atoms with Crippen LogP contribution < -0.4 is 9.47 Å². The van der Waals surface area contributed by atoms with Crippen LogP contribution in [-0.4, -0.2) is 48.7 Å². The standard InChI is InChI=1S/C17H22N2O3/c1-12-8-14(12)17(20)19-6-4-18(5-7-19)10-13-2-3-15-16(9-13)22-11-21-15/h2-3,9,12,14H,4-8,10-11H2,1H3. The summed E-state index contributed by atoms with van der Waals surface area (Å²) in [5.74, 6) is 2.95. The molecule has 2 heterocycles. The highest BCUT2D eigenvalue weighted by molar-refractivity contribution is 5.81. The van der Waals surface area contributed by atoms with Crippen molar-refractivity contribution in [1.29, 1.82) is 0 Å². The van der Waals surface area contributed by atoms with Gasteiger partial charge >= 0.3 is 0 Å². The summed E-state index contributed by atoms with van der Waals surface area (Å²) in [4.78, 5) is 16.7. The van der Waals surface area contributed by atoms with Gasteiger partial charge in [0.15, 0.2) is 11.5 Å². The predicted octanol–water partition coefficient (Wildman–Crippen LogP) is 1.72. The maximum Gasteiger partial charge on any atom is 0.231 e.